The number of imidazole rings is 1. The van der Waals surface area contributed by atoms with Gasteiger partial charge in [-0.05, 0) is 30.9 Å². The van der Waals surface area contributed by atoms with Gasteiger partial charge in [-0.15, -0.1) is 0 Å². The van der Waals surface area contributed by atoms with Crippen LogP contribution in [0, 0.1) is 0 Å². The molecule has 0 aliphatic carbocycles. The van der Waals surface area contributed by atoms with E-state index in [0.29, 0.717) is 30.6 Å². The lowest BCUT2D eigenvalue weighted by molar-refractivity contribution is -0.138. The molecule has 13 N–H and O–H groups in total. The zero-order valence-electron chi connectivity index (χ0n) is 32.8. The number of likely N-dealkylation sites (tertiary alicyclic amines) is 1. The summed E-state index contributed by atoms with van der Waals surface area (Å²) in [5, 5.41) is 17.7. The lowest BCUT2D eigenvalue weighted by atomic mass is 10.0. The van der Waals surface area contributed by atoms with Crippen LogP contribution in [0.1, 0.15) is 43.9 Å². The van der Waals surface area contributed by atoms with Crippen molar-refractivity contribution in [3.63, 3.8) is 0 Å². The highest BCUT2D eigenvalue weighted by Gasteiger charge is 2.35. The lowest BCUT2D eigenvalue weighted by Gasteiger charge is -2.25. The Morgan fingerprint density at radius 2 is 1.37 bits per heavy atom. The van der Waals surface area contributed by atoms with Crippen LogP contribution in [0.2, 0.25) is 0 Å². The van der Waals surface area contributed by atoms with Gasteiger partial charge in [0.25, 0.3) is 0 Å². The number of carbonyl (C=O) groups is 10. The standard InChI is InChI=1S/C37H49N13O10/c1-20(51)50-10-4-7-28(50)37(60)49-27(12-22-14-40-19-46-22)36(59)44-16-31(54)42-15-30(53)43-17-32(55)48-26(11-21-13-41-24-6-3-2-5-23(21)24)35(58)45-18-33(56)47-25(34(39)57)8-9-29(38)52/h2-3,5-6,13-14,19,25-28,41H,4,7-12,15-18H2,1H3,(H2,38,52)(H2,39,57)(H,40,46)(H,42,54)(H,43,53)(H,44,59)(H,45,58)(H,47,56)(H,48,55)(H,49,60)/t25-,26-,27-,28-/m0/s1. The molecule has 4 atom stereocenters. The fraction of sp³-hybridized carbons (Fsp3) is 0.432. The van der Waals surface area contributed by atoms with E-state index < -0.39 is 104 Å². The van der Waals surface area contributed by atoms with E-state index in [4.69, 9.17) is 11.5 Å². The number of nitrogens with zero attached hydrogens (tertiary/aromatic N) is 2. The van der Waals surface area contributed by atoms with Gasteiger partial charge in [-0.2, -0.15) is 0 Å². The van der Waals surface area contributed by atoms with Crippen LogP contribution in [-0.2, 0) is 60.8 Å². The highest BCUT2D eigenvalue weighted by molar-refractivity contribution is 5.96. The maximum absolute atomic E-state index is 13.3. The van der Waals surface area contributed by atoms with Crippen LogP contribution >= 0.6 is 0 Å². The molecule has 3 aromatic rings. The van der Waals surface area contributed by atoms with Crippen LogP contribution in [0.25, 0.3) is 10.9 Å². The summed E-state index contributed by atoms with van der Waals surface area (Å²) in [7, 11) is 0. The Morgan fingerprint density at radius 1 is 0.767 bits per heavy atom. The van der Waals surface area contributed by atoms with Crippen LogP contribution in [0.15, 0.2) is 43.0 Å². The van der Waals surface area contributed by atoms with E-state index in [1.54, 1.807) is 18.3 Å². The Balaban J connectivity index is 1.26. The first-order chi connectivity index (χ1) is 28.6. The fourth-order valence-electron chi connectivity index (χ4n) is 6.37. The van der Waals surface area contributed by atoms with Crippen molar-refractivity contribution in [3.05, 3.63) is 54.2 Å². The van der Waals surface area contributed by atoms with Crippen molar-refractivity contribution in [2.45, 2.75) is 69.6 Å². The predicted octanol–water partition coefficient (Wildman–Crippen LogP) is -4.64. The van der Waals surface area contributed by atoms with Gasteiger partial charge in [0.2, 0.25) is 59.1 Å². The van der Waals surface area contributed by atoms with Gasteiger partial charge in [-0.1, -0.05) is 18.2 Å². The number of hydrogen-bond acceptors (Lipinski definition) is 11. The molecule has 0 bridgehead atoms. The van der Waals surface area contributed by atoms with Gasteiger partial charge < -0.3 is 63.6 Å². The first-order valence-corrected chi connectivity index (χ1v) is 19.0. The number of aromatic amines is 2. The third kappa shape index (κ3) is 13.9. The van der Waals surface area contributed by atoms with Crippen molar-refractivity contribution in [3.8, 4) is 0 Å². The minimum atomic E-state index is -1.25. The average molecular weight is 836 g/mol. The molecular formula is C37H49N13O10. The summed E-state index contributed by atoms with van der Waals surface area (Å²) in [6.45, 7) is -0.602. The Hall–Kier alpha value is -7.33. The Labute approximate surface area is 342 Å². The maximum atomic E-state index is 13.3. The van der Waals surface area contributed by atoms with Crippen LogP contribution in [-0.4, -0.2) is 136 Å². The molecule has 322 valence electrons. The van der Waals surface area contributed by atoms with Gasteiger partial charge in [-0.3, -0.25) is 47.9 Å². The first kappa shape index (κ1) is 45.4. The summed E-state index contributed by atoms with van der Waals surface area (Å²) in [6.07, 6.45) is 5.19. The van der Waals surface area contributed by atoms with E-state index in [-0.39, 0.29) is 31.6 Å². The smallest absolute Gasteiger partial charge is 0.243 e. The van der Waals surface area contributed by atoms with Crippen molar-refractivity contribution in [1.29, 1.82) is 0 Å². The van der Waals surface area contributed by atoms with Gasteiger partial charge >= 0.3 is 0 Å². The van der Waals surface area contributed by atoms with Gasteiger partial charge in [0.05, 0.1) is 32.5 Å². The molecule has 1 saturated heterocycles. The molecule has 0 radical (unpaired) electrons. The molecule has 23 heteroatoms. The van der Waals surface area contributed by atoms with Gasteiger partial charge in [0.15, 0.2) is 0 Å². The highest BCUT2D eigenvalue weighted by Crippen LogP contribution is 2.20. The predicted molar refractivity (Wildman–Crippen MR) is 210 cm³/mol. The third-order valence-corrected chi connectivity index (χ3v) is 9.42. The molecule has 1 fully saturated rings. The first-order valence-electron chi connectivity index (χ1n) is 19.0. The molecular weight excluding hydrogens is 786 g/mol. The number of carbonyl (C=O) groups excluding carboxylic acids is 10. The molecule has 1 aliphatic heterocycles. The Bertz CT molecular complexity index is 2070. The molecule has 0 unspecified atom stereocenters. The normalized spacial score (nSPS) is 14.8. The maximum Gasteiger partial charge on any atom is 0.243 e. The van der Waals surface area contributed by atoms with E-state index in [2.05, 4.69) is 52.2 Å². The second-order valence-corrected chi connectivity index (χ2v) is 13.9. The van der Waals surface area contributed by atoms with Crippen molar-refractivity contribution in [1.82, 2.24) is 57.1 Å². The molecule has 0 spiro atoms. The zero-order valence-corrected chi connectivity index (χ0v) is 32.8. The number of nitrogens with one attached hydrogen (secondary N) is 9. The number of benzene rings is 1. The second kappa shape index (κ2) is 22.0. The fourth-order valence-corrected chi connectivity index (χ4v) is 6.37. The number of primary amides is 2. The van der Waals surface area contributed by atoms with E-state index in [1.165, 1.54) is 24.3 Å². The van der Waals surface area contributed by atoms with Crippen LogP contribution < -0.4 is 48.7 Å². The van der Waals surface area contributed by atoms with Crippen molar-refractivity contribution >= 4 is 70.0 Å². The molecule has 10 amide bonds. The molecule has 2 aromatic heterocycles. The summed E-state index contributed by atoms with van der Waals surface area (Å²) in [5.41, 5.74) is 12.3. The monoisotopic (exact) mass is 835 g/mol. The molecule has 3 heterocycles. The number of aromatic nitrogens is 3. The van der Waals surface area contributed by atoms with Crippen molar-refractivity contribution in [2.75, 3.05) is 32.7 Å². The Morgan fingerprint density at radius 3 is 1.98 bits per heavy atom. The minimum absolute atomic E-state index is 0.00709. The molecule has 0 saturated carbocycles. The molecule has 60 heavy (non-hydrogen) atoms. The third-order valence-electron chi connectivity index (χ3n) is 9.42. The largest absolute Gasteiger partial charge is 0.370 e. The van der Waals surface area contributed by atoms with Gasteiger partial charge in [-0.25, -0.2) is 4.98 Å². The van der Waals surface area contributed by atoms with E-state index in [9.17, 15) is 47.9 Å². The Kier molecular flexibility index (Phi) is 16.6. The summed E-state index contributed by atoms with van der Waals surface area (Å²) in [6, 6.07) is 2.87. The minimum Gasteiger partial charge on any atom is -0.370 e. The highest BCUT2D eigenvalue weighted by atomic mass is 16.2. The number of amides is 10. The topological polar surface area (TPSA) is 355 Å². The van der Waals surface area contributed by atoms with Gasteiger partial charge in [0, 0.05) is 61.7 Å². The van der Waals surface area contributed by atoms with Gasteiger partial charge in [0.1, 0.15) is 24.2 Å². The number of fused-ring (bicyclic) bond motifs is 1. The van der Waals surface area contributed by atoms with E-state index in [1.807, 2.05) is 12.1 Å². The second-order valence-electron chi connectivity index (χ2n) is 13.9. The number of nitrogens with two attached hydrogens (primary N) is 2. The SMILES string of the molecule is CC(=O)N1CCC[C@H]1C(=O)N[C@@H](Cc1cnc[nH]1)C(=O)NCC(=O)NCC(=O)NCC(=O)N[C@@H](Cc1c[nH]c2ccccc12)C(=O)NCC(=O)N[C@@H](CCC(N)=O)C(N)=O. The summed E-state index contributed by atoms with van der Waals surface area (Å²) < 4.78 is 0. The van der Waals surface area contributed by atoms with Crippen LogP contribution in [0.5, 0.6) is 0 Å². The van der Waals surface area contributed by atoms with E-state index in [0.717, 1.165) is 10.9 Å². The van der Waals surface area contributed by atoms with Crippen LogP contribution in [0.3, 0.4) is 0 Å². The summed E-state index contributed by atoms with van der Waals surface area (Å²) >= 11 is 0. The molecule has 1 aromatic carbocycles. The van der Waals surface area contributed by atoms with Crippen molar-refractivity contribution < 1.29 is 47.9 Å². The number of H-pyrrole nitrogens is 2. The number of hydrogen-bond donors (Lipinski definition) is 11. The quantitative estimate of drug-likeness (QED) is 0.0457. The zero-order chi connectivity index (χ0) is 43.8. The number of para-hydroxylation sites is 1. The van der Waals surface area contributed by atoms with E-state index >= 15 is 0 Å². The van der Waals surface area contributed by atoms with Crippen molar-refractivity contribution in [2.24, 2.45) is 11.5 Å². The molecule has 1 aliphatic rings. The average Bonchev–Trinajstić information content (AvgIpc) is 4.01. The summed E-state index contributed by atoms with van der Waals surface area (Å²) in [5.74, 6) is -7.02. The lowest BCUT2D eigenvalue weighted by Crippen LogP contribution is -2.54. The molecule has 23 nitrogen and oxygen atoms in total. The van der Waals surface area contributed by atoms with Crippen LogP contribution in [0.4, 0.5) is 0 Å². The number of rotatable bonds is 22. The molecule has 4 rings (SSSR count). The summed E-state index contributed by atoms with van der Waals surface area (Å²) in [4.78, 5) is 136.